The van der Waals surface area contributed by atoms with E-state index >= 15 is 0 Å². The van der Waals surface area contributed by atoms with Crippen molar-refractivity contribution in [2.45, 2.75) is 39.2 Å². The van der Waals surface area contributed by atoms with E-state index in [1.165, 1.54) is 12.8 Å². The van der Waals surface area contributed by atoms with Crippen LogP contribution in [0.25, 0.3) is 0 Å². The molecule has 0 aliphatic rings. The molecule has 2 nitrogen and oxygen atoms in total. The van der Waals surface area contributed by atoms with E-state index in [0.29, 0.717) is 0 Å². The van der Waals surface area contributed by atoms with Gasteiger partial charge in [0.15, 0.2) is 0 Å². The summed E-state index contributed by atoms with van der Waals surface area (Å²) in [6.45, 7) is 5.87. The van der Waals surface area contributed by atoms with Crippen molar-refractivity contribution >= 4 is 0 Å². The third kappa shape index (κ3) is 7.92. The first kappa shape index (κ1) is 9.92. The topological polar surface area (TPSA) is 35.2 Å². The van der Waals surface area contributed by atoms with E-state index in [4.69, 9.17) is 10.5 Å². The molecule has 0 aliphatic heterocycles. The molecule has 2 N–H and O–H groups in total. The van der Waals surface area contributed by atoms with Crippen LogP contribution in [-0.4, -0.2) is 19.3 Å². The zero-order chi connectivity index (χ0) is 7.82. The van der Waals surface area contributed by atoms with Crippen molar-refractivity contribution in [3.05, 3.63) is 0 Å². The molecule has 0 spiro atoms. The molecule has 0 saturated carbocycles. The predicted molar refractivity (Wildman–Crippen MR) is 44.0 cm³/mol. The largest absolute Gasteiger partial charge is 0.381 e. The van der Waals surface area contributed by atoms with Crippen molar-refractivity contribution in [1.82, 2.24) is 0 Å². The summed E-state index contributed by atoms with van der Waals surface area (Å²) in [6.07, 6.45) is 3.35. The molecule has 0 aliphatic carbocycles. The van der Waals surface area contributed by atoms with Crippen molar-refractivity contribution in [2.75, 3.05) is 13.2 Å². The van der Waals surface area contributed by atoms with Crippen molar-refractivity contribution in [2.24, 2.45) is 5.73 Å². The van der Waals surface area contributed by atoms with Gasteiger partial charge >= 0.3 is 0 Å². The van der Waals surface area contributed by atoms with Gasteiger partial charge in [-0.3, -0.25) is 0 Å². The fraction of sp³-hybridized carbons (Fsp3) is 1.00. The summed E-state index contributed by atoms with van der Waals surface area (Å²) in [5, 5.41) is 0. The van der Waals surface area contributed by atoms with Crippen LogP contribution in [0, 0.1) is 0 Å². The van der Waals surface area contributed by atoms with Gasteiger partial charge < -0.3 is 10.5 Å². The van der Waals surface area contributed by atoms with E-state index in [1.807, 2.05) is 6.92 Å². The Bertz CT molecular complexity index is 64.3. The van der Waals surface area contributed by atoms with Gasteiger partial charge in [-0.05, 0) is 19.8 Å². The van der Waals surface area contributed by atoms with Crippen LogP contribution in [0.5, 0.6) is 0 Å². The molecule has 1 atom stereocenters. The van der Waals surface area contributed by atoms with Gasteiger partial charge in [0, 0.05) is 19.3 Å². The number of unbranched alkanes of at least 4 members (excludes halogenated alkanes) is 1. The summed E-state index contributed by atoms with van der Waals surface area (Å²) in [4.78, 5) is 0. The number of hydrogen-bond acceptors (Lipinski definition) is 2. The average Bonchev–Trinajstić information content (AvgIpc) is 1.87. The minimum Gasteiger partial charge on any atom is -0.381 e. The minimum atomic E-state index is 0.279. The molecule has 0 bridgehead atoms. The maximum atomic E-state index is 5.53. The summed E-state index contributed by atoms with van der Waals surface area (Å²) in [5.74, 6) is 0. The zero-order valence-corrected chi connectivity index (χ0v) is 7.10. The van der Waals surface area contributed by atoms with E-state index in [9.17, 15) is 0 Å². The monoisotopic (exact) mass is 145 g/mol. The lowest BCUT2D eigenvalue weighted by Gasteiger charge is -2.04. The van der Waals surface area contributed by atoms with Crippen molar-refractivity contribution in [3.63, 3.8) is 0 Å². The standard InChI is InChI=1S/C8H19NO/c1-3-4-6-10-7-5-8(2)9/h8H,3-7,9H2,1-2H3. The van der Waals surface area contributed by atoms with Crippen LogP contribution in [0.15, 0.2) is 0 Å². The average molecular weight is 145 g/mol. The highest BCUT2D eigenvalue weighted by molar-refractivity contribution is 4.50. The Morgan fingerprint density at radius 3 is 2.60 bits per heavy atom. The summed E-state index contributed by atoms with van der Waals surface area (Å²) in [6, 6.07) is 0.279. The fourth-order valence-corrected chi connectivity index (χ4v) is 0.618. The fourth-order valence-electron chi connectivity index (χ4n) is 0.618. The second-order valence-electron chi connectivity index (χ2n) is 2.73. The molecule has 0 rings (SSSR count). The highest BCUT2D eigenvalue weighted by Crippen LogP contribution is 1.91. The Hall–Kier alpha value is -0.0800. The molecule has 10 heavy (non-hydrogen) atoms. The molecule has 0 radical (unpaired) electrons. The lowest BCUT2D eigenvalue weighted by atomic mass is 10.3. The first-order chi connectivity index (χ1) is 4.77. The Morgan fingerprint density at radius 1 is 1.40 bits per heavy atom. The number of ether oxygens (including phenoxy) is 1. The summed E-state index contributed by atoms with van der Waals surface area (Å²) >= 11 is 0. The maximum absolute atomic E-state index is 5.53. The van der Waals surface area contributed by atoms with E-state index < -0.39 is 0 Å². The summed E-state index contributed by atoms with van der Waals surface area (Å²) in [7, 11) is 0. The van der Waals surface area contributed by atoms with Crippen molar-refractivity contribution in [1.29, 1.82) is 0 Å². The van der Waals surface area contributed by atoms with Crippen molar-refractivity contribution in [3.8, 4) is 0 Å². The van der Waals surface area contributed by atoms with Gasteiger partial charge in [-0.1, -0.05) is 13.3 Å². The van der Waals surface area contributed by atoms with Crippen LogP contribution in [0.4, 0.5) is 0 Å². The molecule has 0 heterocycles. The molecule has 0 amide bonds. The highest BCUT2D eigenvalue weighted by Gasteiger charge is 1.92. The van der Waals surface area contributed by atoms with Crippen LogP contribution in [-0.2, 0) is 4.74 Å². The van der Waals surface area contributed by atoms with Crippen LogP contribution in [0.1, 0.15) is 33.1 Å². The Kier molecular flexibility index (Phi) is 6.98. The zero-order valence-electron chi connectivity index (χ0n) is 7.10. The lowest BCUT2D eigenvalue weighted by Crippen LogP contribution is -2.17. The van der Waals surface area contributed by atoms with Gasteiger partial charge in [0.2, 0.25) is 0 Å². The molecule has 0 aromatic rings. The van der Waals surface area contributed by atoms with Gasteiger partial charge in [-0.15, -0.1) is 0 Å². The maximum Gasteiger partial charge on any atom is 0.0480 e. The second-order valence-corrected chi connectivity index (χ2v) is 2.73. The molecule has 1 unspecified atom stereocenters. The van der Waals surface area contributed by atoms with Gasteiger partial charge in [-0.25, -0.2) is 0 Å². The molecular formula is C8H19NO. The first-order valence-corrected chi connectivity index (χ1v) is 4.10. The van der Waals surface area contributed by atoms with E-state index in [0.717, 1.165) is 19.6 Å². The van der Waals surface area contributed by atoms with Crippen LogP contribution in [0.3, 0.4) is 0 Å². The molecule has 0 aromatic carbocycles. The summed E-state index contributed by atoms with van der Waals surface area (Å²) in [5.41, 5.74) is 5.53. The Balaban J connectivity index is 2.77. The van der Waals surface area contributed by atoms with E-state index in [2.05, 4.69) is 6.92 Å². The van der Waals surface area contributed by atoms with Gasteiger partial charge in [-0.2, -0.15) is 0 Å². The van der Waals surface area contributed by atoms with Crippen molar-refractivity contribution < 1.29 is 4.74 Å². The highest BCUT2D eigenvalue weighted by atomic mass is 16.5. The third-order valence-electron chi connectivity index (χ3n) is 1.36. The lowest BCUT2D eigenvalue weighted by molar-refractivity contribution is 0.125. The third-order valence-corrected chi connectivity index (χ3v) is 1.36. The van der Waals surface area contributed by atoms with Gasteiger partial charge in [0.1, 0.15) is 0 Å². The molecule has 2 heteroatoms. The Labute approximate surface area is 63.7 Å². The van der Waals surface area contributed by atoms with Crippen LogP contribution >= 0.6 is 0 Å². The van der Waals surface area contributed by atoms with Gasteiger partial charge in [0.25, 0.3) is 0 Å². The summed E-state index contributed by atoms with van der Waals surface area (Å²) < 4.78 is 5.30. The first-order valence-electron chi connectivity index (χ1n) is 4.10. The number of hydrogen-bond donors (Lipinski definition) is 1. The van der Waals surface area contributed by atoms with Crippen LogP contribution < -0.4 is 5.73 Å². The molecular weight excluding hydrogens is 126 g/mol. The quantitative estimate of drug-likeness (QED) is 0.575. The van der Waals surface area contributed by atoms with Crippen LogP contribution in [0.2, 0.25) is 0 Å². The second kappa shape index (κ2) is 7.03. The molecule has 0 aromatic heterocycles. The number of rotatable bonds is 6. The molecule has 0 saturated heterocycles. The Morgan fingerprint density at radius 2 is 2.10 bits per heavy atom. The molecule has 0 fully saturated rings. The smallest absolute Gasteiger partial charge is 0.0480 e. The predicted octanol–water partition coefficient (Wildman–Crippen LogP) is 1.54. The van der Waals surface area contributed by atoms with E-state index in [1.54, 1.807) is 0 Å². The molecule has 62 valence electrons. The SMILES string of the molecule is CCCCOCCC(C)N. The number of nitrogens with two attached hydrogens (primary N) is 1. The normalized spacial score (nSPS) is 13.5. The van der Waals surface area contributed by atoms with Gasteiger partial charge in [0.05, 0.1) is 0 Å². The minimum absolute atomic E-state index is 0.279. The van der Waals surface area contributed by atoms with E-state index in [-0.39, 0.29) is 6.04 Å².